The molecule has 2 heteroatoms. The van der Waals surface area contributed by atoms with Crippen molar-refractivity contribution in [3.8, 4) is 5.75 Å². The van der Waals surface area contributed by atoms with Gasteiger partial charge in [-0.3, -0.25) is 0 Å². The van der Waals surface area contributed by atoms with Gasteiger partial charge in [0.25, 0.3) is 0 Å². The lowest BCUT2D eigenvalue weighted by molar-refractivity contribution is 0.386. The van der Waals surface area contributed by atoms with Gasteiger partial charge in [0.1, 0.15) is 5.75 Å². The fourth-order valence-corrected chi connectivity index (χ4v) is 0.985. The third-order valence-corrected chi connectivity index (χ3v) is 1.48. The van der Waals surface area contributed by atoms with Gasteiger partial charge in [0, 0.05) is 12.1 Å². The van der Waals surface area contributed by atoms with Crippen LogP contribution in [0, 0.1) is 0 Å². The maximum absolute atomic E-state index is 9.33. The zero-order valence-corrected chi connectivity index (χ0v) is 10.9. The summed E-state index contributed by atoms with van der Waals surface area (Å²) < 4.78 is 0. The van der Waals surface area contributed by atoms with Crippen LogP contribution in [0.25, 0.3) is 0 Å². The Morgan fingerprint density at radius 2 is 1.47 bits per heavy atom. The molecule has 0 unspecified atom stereocenters. The predicted molar refractivity (Wildman–Crippen MR) is 68.2 cm³/mol. The molecule has 0 atom stereocenters. The number of aromatic hydroxyl groups is 1. The molecule has 15 heavy (non-hydrogen) atoms. The number of nitrogens with zero attached hydrogens (tertiary/aromatic N) is 1. The van der Waals surface area contributed by atoms with Gasteiger partial charge in [0.2, 0.25) is 0 Å². The zero-order chi connectivity index (χ0) is 12.3. The van der Waals surface area contributed by atoms with Crippen molar-refractivity contribution >= 4 is 0 Å². The molecule has 0 heterocycles. The fourth-order valence-electron chi connectivity index (χ4n) is 0.985. The molecule has 0 fully saturated rings. The maximum atomic E-state index is 9.33. The number of rotatable bonds is 2. The normalized spacial score (nSPS) is 8.47. The van der Waals surface area contributed by atoms with Gasteiger partial charge in [-0.1, -0.05) is 45.9 Å². The van der Waals surface area contributed by atoms with Crippen molar-refractivity contribution in [1.29, 1.82) is 0 Å². The third-order valence-electron chi connectivity index (χ3n) is 1.48. The van der Waals surface area contributed by atoms with Crippen LogP contribution in [-0.2, 0) is 6.54 Å². The van der Waals surface area contributed by atoms with Gasteiger partial charge in [0.05, 0.1) is 0 Å². The largest absolute Gasteiger partial charge is 0.508 e. The summed E-state index contributed by atoms with van der Waals surface area (Å²) in [6.07, 6.45) is 0. The number of hydrogen-bond acceptors (Lipinski definition) is 2. The minimum Gasteiger partial charge on any atom is -0.508 e. The number of para-hydroxylation sites is 1. The van der Waals surface area contributed by atoms with Gasteiger partial charge in [-0.05, 0) is 20.2 Å². The van der Waals surface area contributed by atoms with E-state index in [-0.39, 0.29) is 0 Å². The summed E-state index contributed by atoms with van der Waals surface area (Å²) in [5, 5.41) is 9.33. The third kappa shape index (κ3) is 8.01. The molecule has 0 aromatic heterocycles. The minimum atomic E-state index is 0.376. The van der Waals surface area contributed by atoms with E-state index in [4.69, 9.17) is 0 Å². The van der Waals surface area contributed by atoms with E-state index in [1.54, 1.807) is 6.07 Å². The van der Waals surface area contributed by atoms with Gasteiger partial charge >= 0.3 is 0 Å². The minimum absolute atomic E-state index is 0.376. The predicted octanol–water partition coefficient (Wildman–Crippen LogP) is 3.51. The van der Waals surface area contributed by atoms with Crippen LogP contribution in [0.15, 0.2) is 24.3 Å². The van der Waals surface area contributed by atoms with Crippen molar-refractivity contribution in [2.45, 2.75) is 34.2 Å². The molecule has 0 aliphatic rings. The van der Waals surface area contributed by atoms with Crippen molar-refractivity contribution in [3.05, 3.63) is 29.8 Å². The molecule has 0 spiro atoms. The number of hydrogen-bond donors (Lipinski definition) is 1. The zero-order valence-electron chi connectivity index (χ0n) is 10.9. The average molecular weight is 211 g/mol. The van der Waals surface area contributed by atoms with E-state index in [0.29, 0.717) is 5.75 Å². The molecule has 0 aliphatic carbocycles. The van der Waals surface area contributed by atoms with Crippen LogP contribution in [0.4, 0.5) is 0 Å². The molecule has 0 saturated heterocycles. The van der Waals surface area contributed by atoms with Gasteiger partial charge in [-0.2, -0.15) is 0 Å². The first-order valence-electron chi connectivity index (χ1n) is 5.62. The van der Waals surface area contributed by atoms with Gasteiger partial charge in [-0.25, -0.2) is 0 Å². The fraction of sp³-hybridized carbons (Fsp3) is 0.538. The summed E-state index contributed by atoms with van der Waals surface area (Å²) in [5.74, 6) is 0.376. The van der Waals surface area contributed by atoms with Crippen LogP contribution in [-0.4, -0.2) is 24.1 Å². The first-order valence-corrected chi connectivity index (χ1v) is 5.62. The van der Waals surface area contributed by atoms with Crippen molar-refractivity contribution in [2.24, 2.45) is 0 Å². The number of phenolic OH excluding ortho intramolecular Hbond substituents is 1. The smallest absolute Gasteiger partial charge is 0.120 e. The van der Waals surface area contributed by atoms with Crippen LogP contribution >= 0.6 is 0 Å². The highest BCUT2D eigenvalue weighted by atomic mass is 16.3. The lowest BCUT2D eigenvalue weighted by Crippen LogP contribution is -2.10. The van der Waals surface area contributed by atoms with E-state index in [0.717, 1.165) is 12.1 Å². The molecule has 0 saturated carbocycles. The van der Waals surface area contributed by atoms with Crippen LogP contribution in [0.5, 0.6) is 5.75 Å². The maximum Gasteiger partial charge on any atom is 0.120 e. The van der Waals surface area contributed by atoms with Crippen molar-refractivity contribution in [3.63, 3.8) is 0 Å². The second-order valence-electron chi connectivity index (χ2n) is 2.87. The first-order chi connectivity index (χ1) is 7.20. The summed E-state index contributed by atoms with van der Waals surface area (Å²) in [6.45, 7) is 8.78. The highest BCUT2D eigenvalue weighted by Crippen LogP contribution is 2.16. The van der Waals surface area contributed by atoms with E-state index in [1.807, 2.05) is 64.9 Å². The van der Waals surface area contributed by atoms with Gasteiger partial charge < -0.3 is 10.0 Å². The molecule has 1 aromatic carbocycles. The molecule has 88 valence electrons. The van der Waals surface area contributed by atoms with Crippen molar-refractivity contribution < 1.29 is 5.11 Å². The number of phenols is 1. The molecule has 0 aliphatic heterocycles. The quantitative estimate of drug-likeness (QED) is 0.809. The molecule has 0 amide bonds. The summed E-state index contributed by atoms with van der Waals surface area (Å²) in [7, 11) is 3.96. The Labute approximate surface area is 94.6 Å². The molecule has 1 N–H and O–H groups in total. The Morgan fingerprint density at radius 3 is 1.87 bits per heavy atom. The number of benzene rings is 1. The Morgan fingerprint density at radius 1 is 1.00 bits per heavy atom. The molecular weight excluding hydrogens is 186 g/mol. The average Bonchev–Trinajstić information content (AvgIpc) is 2.27. The highest BCUT2D eigenvalue weighted by molar-refractivity contribution is 5.31. The molecule has 2 nitrogen and oxygen atoms in total. The van der Waals surface area contributed by atoms with E-state index < -0.39 is 0 Å². The van der Waals surface area contributed by atoms with Crippen LogP contribution in [0.3, 0.4) is 0 Å². The Balaban J connectivity index is 0. The van der Waals surface area contributed by atoms with Crippen molar-refractivity contribution in [2.75, 3.05) is 14.1 Å². The first kappa shape index (κ1) is 16.4. The highest BCUT2D eigenvalue weighted by Gasteiger charge is 1.98. The second-order valence-corrected chi connectivity index (χ2v) is 2.87. The summed E-state index contributed by atoms with van der Waals surface area (Å²) >= 11 is 0. The summed E-state index contributed by atoms with van der Waals surface area (Å²) in [4.78, 5) is 2.02. The monoisotopic (exact) mass is 211 g/mol. The molecule has 0 bridgehead atoms. The standard InChI is InChI=1S/C9H13NO.2C2H6/c1-10(2)7-8-5-3-4-6-9(8)11;2*1-2/h3-6,11H,7H2,1-2H3;2*1-2H3. The Bertz CT molecular complexity index is 234. The van der Waals surface area contributed by atoms with Crippen LogP contribution < -0.4 is 0 Å². The Hall–Kier alpha value is -1.02. The van der Waals surface area contributed by atoms with Gasteiger partial charge in [-0.15, -0.1) is 0 Å². The van der Waals surface area contributed by atoms with E-state index >= 15 is 0 Å². The second kappa shape index (κ2) is 11.1. The molecule has 1 rings (SSSR count). The summed E-state index contributed by atoms with van der Waals surface area (Å²) in [5.41, 5.74) is 0.970. The van der Waals surface area contributed by atoms with Gasteiger partial charge in [0.15, 0.2) is 0 Å². The van der Waals surface area contributed by atoms with E-state index in [9.17, 15) is 5.11 Å². The van der Waals surface area contributed by atoms with Crippen LogP contribution in [0.2, 0.25) is 0 Å². The molecular formula is C13H25NO. The van der Waals surface area contributed by atoms with Crippen molar-refractivity contribution in [1.82, 2.24) is 4.90 Å². The van der Waals surface area contributed by atoms with E-state index in [1.165, 1.54) is 0 Å². The molecule has 0 radical (unpaired) electrons. The topological polar surface area (TPSA) is 23.5 Å². The Kier molecular flexibility index (Phi) is 12.1. The SMILES string of the molecule is CC.CC.CN(C)Cc1ccccc1O. The van der Waals surface area contributed by atoms with E-state index in [2.05, 4.69) is 0 Å². The lowest BCUT2D eigenvalue weighted by Gasteiger charge is -2.10. The molecule has 1 aromatic rings. The van der Waals surface area contributed by atoms with Crippen LogP contribution in [0.1, 0.15) is 33.3 Å². The summed E-state index contributed by atoms with van der Waals surface area (Å²) in [6, 6.07) is 7.39. The lowest BCUT2D eigenvalue weighted by atomic mass is 10.2.